The number of para-hydroxylation sites is 1. The van der Waals surface area contributed by atoms with Crippen LogP contribution in [0.4, 0.5) is 5.69 Å². The van der Waals surface area contributed by atoms with E-state index >= 15 is 0 Å². The number of rotatable bonds is 3. The molecular weight excluding hydrogens is 232 g/mol. The van der Waals surface area contributed by atoms with Crippen molar-refractivity contribution in [2.45, 2.75) is 13.3 Å². The average molecular weight is 248 g/mol. The maximum absolute atomic E-state index is 12.0. The summed E-state index contributed by atoms with van der Waals surface area (Å²) in [5.41, 5.74) is 1.84. The first kappa shape index (κ1) is 12.6. The second-order valence-electron chi connectivity index (χ2n) is 4.28. The molecule has 1 saturated heterocycles. The van der Waals surface area contributed by atoms with Crippen LogP contribution in [0.5, 0.6) is 0 Å². The fourth-order valence-corrected chi connectivity index (χ4v) is 1.94. The quantitative estimate of drug-likeness (QED) is 0.487. The lowest BCUT2D eigenvalue weighted by atomic mass is 10.1. The Hall–Kier alpha value is -1.88. The number of carbonyl (C=O) groups is 1. The minimum absolute atomic E-state index is 0.0503. The third-order valence-corrected chi connectivity index (χ3v) is 3.03. The van der Waals surface area contributed by atoms with Gasteiger partial charge in [0.2, 0.25) is 5.91 Å². The fourth-order valence-electron chi connectivity index (χ4n) is 1.94. The first-order valence-electron chi connectivity index (χ1n) is 5.89. The summed E-state index contributed by atoms with van der Waals surface area (Å²) in [6, 6.07) is 7.25. The van der Waals surface area contributed by atoms with E-state index in [1.807, 2.05) is 12.1 Å². The van der Waals surface area contributed by atoms with Gasteiger partial charge < -0.3 is 15.3 Å². The molecule has 1 unspecified atom stereocenters. The molecule has 2 rings (SSSR count). The van der Waals surface area contributed by atoms with Crippen LogP contribution in [0.1, 0.15) is 18.9 Å². The van der Waals surface area contributed by atoms with Gasteiger partial charge in [0.1, 0.15) is 0 Å². The smallest absolute Gasteiger partial charge is 0.229 e. The molecule has 0 aromatic heterocycles. The number of ether oxygens (including phenoxy) is 1. The molecule has 0 spiro atoms. The summed E-state index contributed by atoms with van der Waals surface area (Å²) < 4.78 is 5.19. The van der Waals surface area contributed by atoms with E-state index in [-0.39, 0.29) is 11.8 Å². The Morgan fingerprint density at radius 1 is 1.50 bits per heavy atom. The van der Waals surface area contributed by atoms with Gasteiger partial charge in [0, 0.05) is 17.9 Å². The molecule has 0 saturated carbocycles. The summed E-state index contributed by atoms with van der Waals surface area (Å²) in [4.78, 5) is 12.0. The highest BCUT2D eigenvalue weighted by molar-refractivity contribution is 6.06. The van der Waals surface area contributed by atoms with Crippen LogP contribution < -0.4 is 5.32 Å². The van der Waals surface area contributed by atoms with Crippen LogP contribution in [-0.2, 0) is 9.53 Å². The van der Waals surface area contributed by atoms with Gasteiger partial charge >= 0.3 is 0 Å². The van der Waals surface area contributed by atoms with Gasteiger partial charge in [-0.1, -0.05) is 23.4 Å². The zero-order chi connectivity index (χ0) is 13.0. The van der Waals surface area contributed by atoms with Gasteiger partial charge in [-0.25, -0.2) is 0 Å². The number of amides is 1. The van der Waals surface area contributed by atoms with E-state index in [1.54, 1.807) is 19.1 Å². The first-order chi connectivity index (χ1) is 8.72. The van der Waals surface area contributed by atoms with Crippen molar-refractivity contribution in [2.75, 3.05) is 18.5 Å². The molecule has 1 aromatic rings. The van der Waals surface area contributed by atoms with Crippen molar-refractivity contribution in [3.05, 3.63) is 29.8 Å². The maximum atomic E-state index is 12.0. The Morgan fingerprint density at radius 3 is 2.94 bits per heavy atom. The van der Waals surface area contributed by atoms with E-state index < -0.39 is 0 Å². The van der Waals surface area contributed by atoms with Crippen molar-refractivity contribution in [1.29, 1.82) is 0 Å². The topological polar surface area (TPSA) is 70.9 Å². The summed E-state index contributed by atoms with van der Waals surface area (Å²) >= 11 is 0. The molecule has 1 aromatic carbocycles. The van der Waals surface area contributed by atoms with Crippen LogP contribution in [0.25, 0.3) is 0 Å². The van der Waals surface area contributed by atoms with Gasteiger partial charge in [-0.2, -0.15) is 0 Å². The fraction of sp³-hybridized carbons (Fsp3) is 0.385. The maximum Gasteiger partial charge on any atom is 0.229 e. The Morgan fingerprint density at radius 2 is 2.28 bits per heavy atom. The molecule has 1 aliphatic rings. The number of benzene rings is 1. The lowest BCUT2D eigenvalue weighted by Gasteiger charge is -2.12. The standard InChI is InChI=1S/C13H16N2O3/c1-9(15-17)11-4-2-3-5-12(11)14-13(16)10-6-7-18-8-10/h2-5,10,17H,6-8H2,1H3,(H,14,16)/b15-9-. The first-order valence-corrected chi connectivity index (χ1v) is 5.89. The molecule has 1 fully saturated rings. The van der Waals surface area contributed by atoms with Crippen molar-refractivity contribution < 1.29 is 14.7 Å². The SMILES string of the molecule is C/C(=N/O)c1ccccc1NC(=O)C1CCOC1. The number of oxime groups is 1. The molecule has 0 radical (unpaired) electrons. The number of nitrogens with one attached hydrogen (secondary N) is 1. The van der Waals surface area contributed by atoms with Crippen LogP contribution in [0.2, 0.25) is 0 Å². The van der Waals surface area contributed by atoms with E-state index in [4.69, 9.17) is 9.94 Å². The predicted molar refractivity (Wildman–Crippen MR) is 68.0 cm³/mol. The van der Waals surface area contributed by atoms with E-state index in [1.165, 1.54) is 0 Å². The summed E-state index contributed by atoms with van der Waals surface area (Å²) in [7, 11) is 0. The Bertz CT molecular complexity index is 465. The van der Waals surface area contributed by atoms with Gasteiger partial charge in [0.15, 0.2) is 0 Å². The van der Waals surface area contributed by atoms with Crippen molar-refractivity contribution in [3.63, 3.8) is 0 Å². The highest BCUT2D eigenvalue weighted by atomic mass is 16.5. The largest absolute Gasteiger partial charge is 0.411 e. The van der Waals surface area contributed by atoms with Crippen LogP contribution in [0.3, 0.4) is 0 Å². The van der Waals surface area contributed by atoms with Crippen LogP contribution in [0.15, 0.2) is 29.4 Å². The predicted octanol–water partition coefficient (Wildman–Crippen LogP) is 1.86. The molecule has 18 heavy (non-hydrogen) atoms. The van der Waals surface area contributed by atoms with Crippen LogP contribution in [0, 0.1) is 5.92 Å². The van der Waals surface area contributed by atoms with Crippen molar-refractivity contribution in [1.82, 2.24) is 0 Å². The number of anilines is 1. The molecule has 2 N–H and O–H groups in total. The van der Waals surface area contributed by atoms with Crippen molar-refractivity contribution in [3.8, 4) is 0 Å². The molecule has 96 valence electrons. The van der Waals surface area contributed by atoms with Crippen molar-refractivity contribution in [2.24, 2.45) is 11.1 Å². The summed E-state index contributed by atoms with van der Waals surface area (Å²) in [6.45, 7) is 2.79. The second-order valence-corrected chi connectivity index (χ2v) is 4.28. The summed E-state index contributed by atoms with van der Waals surface area (Å²) in [5.74, 6) is -0.143. The zero-order valence-electron chi connectivity index (χ0n) is 10.2. The van der Waals surface area contributed by atoms with Crippen LogP contribution in [-0.4, -0.2) is 30.0 Å². The van der Waals surface area contributed by atoms with Gasteiger partial charge in [-0.3, -0.25) is 4.79 Å². The van der Waals surface area contributed by atoms with Gasteiger partial charge in [0.05, 0.1) is 18.2 Å². The lowest BCUT2D eigenvalue weighted by molar-refractivity contribution is -0.119. The lowest BCUT2D eigenvalue weighted by Crippen LogP contribution is -2.23. The minimum atomic E-state index is -0.0931. The molecule has 5 heteroatoms. The molecule has 1 atom stereocenters. The number of carbonyl (C=O) groups excluding carboxylic acids is 1. The molecule has 1 aliphatic heterocycles. The summed E-state index contributed by atoms with van der Waals surface area (Å²) in [5, 5.41) is 14.8. The molecule has 1 amide bonds. The molecule has 1 heterocycles. The van der Waals surface area contributed by atoms with E-state index in [2.05, 4.69) is 10.5 Å². The number of hydrogen-bond acceptors (Lipinski definition) is 4. The van der Waals surface area contributed by atoms with E-state index in [0.29, 0.717) is 30.2 Å². The molecule has 0 bridgehead atoms. The van der Waals surface area contributed by atoms with Crippen LogP contribution >= 0.6 is 0 Å². The monoisotopic (exact) mass is 248 g/mol. The van der Waals surface area contributed by atoms with Gasteiger partial charge in [0.25, 0.3) is 0 Å². The zero-order valence-corrected chi connectivity index (χ0v) is 10.2. The van der Waals surface area contributed by atoms with E-state index in [0.717, 1.165) is 6.42 Å². The number of hydrogen-bond donors (Lipinski definition) is 2. The second kappa shape index (κ2) is 5.64. The normalized spacial score (nSPS) is 19.8. The molecule has 5 nitrogen and oxygen atoms in total. The highest BCUT2D eigenvalue weighted by Crippen LogP contribution is 2.19. The Balaban J connectivity index is 2.15. The third kappa shape index (κ3) is 2.68. The highest BCUT2D eigenvalue weighted by Gasteiger charge is 2.24. The van der Waals surface area contributed by atoms with E-state index in [9.17, 15) is 4.79 Å². The molecular formula is C13H16N2O3. The van der Waals surface area contributed by atoms with Crippen molar-refractivity contribution >= 4 is 17.3 Å². The van der Waals surface area contributed by atoms with Gasteiger partial charge in [-0.05, 0) is 19.4 Å². The number of nitrogens with zero attached hydrogens (tertiary/aromatic N) is 1. The summed E-state index contributed by atoms with van der Waals surface area (Å²) in [6.07, 6.45) is 0.751. The average Bonchev–Trinajstić information content (AvgIpc) is 2.92. The molecule has 0 aliphatic carbocycles. The third-order valence-electron chi connectivity index (χ3n) is 3.03. The minimum Gasteiger partial charge on any atom is -0.411 e. The van der Waals surface area contributed by atoms with Gasteiger partial charge in [-0.15, -0.1) is 0 Å². The Kier molecular flexibility index (Phi) is 3.94. The Labute approximate surface area is 105 Å².